The van der Waals surface area contributed by atoms with E-state index < -0.39 is 17.7 Å². The summed E-state index contributed by atoms with van der Waals surface area (Å²) < 4.78 is 25.7. The van der Waals surface area contributed by atoms with Crippen LogP contribution in [0.1, 0.15) is 12.1 Å². The van der Waals surface area contributed by atoms with E-state index >= 15 is 0 Å². The molecule has 84 valence electrons. The predicted octanol–water partition coefficient (Wildman–Crippen LogP) is 2.76. The van der Waals surface area contributed by atoms with Gasteiger partial charge in [-0.15, -0.1) is 0 Å². The number of nitrogens with one attached hydrogen (secondary N) is 1. The predicted molar refractivity (Wildman–Crippen MR) is 56.4 cm³/mol. The highest BCUT2D eigenvalue weighted by molar-refractivity contribution is 6.30. The van der Waals surface area contributed by atoms with Crippen LogP contribution >= 0.6 is 11.6 Å². The highest BCUT2D eigenvalue weighted by Gasteiger charge is 2.12. The van der Waals surface area contributed by atoms with Crippen LogP contribution in [0.3, 0.4) is 0 Å². The van der Waals surface area contributed by atoms with E-state index in [0.717, 1.165) is 10.7 Å². The quantitative estimate of drug-likeness (QED) is 0.867. The van der Waals surface area contributed by atoms with Crippen LogP contribution in [0.15, 0.2) is 35.1 Å². The van der Waals surface area contributed by atoms with Gasteiger partial charge < -0.3 is 0 Å². The van der Waals surface area contributed by atoms with Gasteiger partial charge in [-0.25, -0.2) is 13.5 Å². The summed E-state index contributed by atoms with van der Waals surface area (Å²) in [6.45, 7) is 0. The minimum absolute atomic E-state index is 0.403. The minimum Gasteiger partial charge on any atom is -0.289 e. The van der Waals surface area contributed by atoms with Crippen molar-refractivity contribution in [3.63, 3.8) is 0 Å². The molecular weight excluding hydrogens is 238 g/mol. The number of hydrogen-bond acceptors (Lipinski definition) is 1. The molecule has 2 rings (SSSR count). The molecule has 6 heteroatoms. The molecule has 0 fully saturated rings. The zero-order chi connectivity index (χ0) is 11.7. The average molecular weight is 245 g/mol. The first-order chi connectivity index (χ1) is 7.58. The Morgan fingerprint density at radius 2 is 1.88 bits per heavy atom. The molecule has 0 spiro atoms. The molecule has 0 aliphatic carbocycles. The Morgan fingerprint density at radius 1 is 1.25 bits per heavy atom. The van der Waals surface area contributed by atoms with E-state index in [1.54, 1.807) is 24.3 Å². The monoisotopic (exact) mass is 244 g/mol. The van der Waals surface area contributed by atoms with E-state index in [1.165, 1.54) is 0 Å². The average Bonchev–Trinajstić information content (AvgIpc) is 2.62. The second kappa shape index (κ2) is 4.09. The first kappa shape index (κ1) is 10.9. The van der Waals surface area contributed by atoms with Gasteiger partial charge in [0.25, 0.3) is 12.0 Å². The Kier molecular flexibility index (Phi) is 2.78. The Hall–Kier alpha value is -1.62. The van der Waals surface area contributed by atoms with Crippen LogP contribution < -0.4 is 5.56 Å². The van der Waals surface area contributed by atoms with Crippen LogP contribution in [0.2, 0.25) is 5.02 Å². The smallest absolute Gasteiger partial charge is 0.279 e. The summed E-state index contributed by atoms with van der Waals surface area (Å²) >= 11 is 5.68. The van der Waals surface area contributed by atoms with Crippen LogP contribution in [-0.2, 0) is 0 Å². The van der Waals surface area contributed by atoms with Crippen LogP contribution in [0.25, 0.3) is 5.69 Å². The number of H-pyrrole nitrogens is 1. The van der Waals surface area contributed by atoms with E-state index in [2.05, 4.69) is 5.10 Å². The molecule has 1 heterocycles. The van der Waals surface area contributed by atoms with Gasteiger partial charge >= 0.3 is 0 Å². The van der Waals surface area contributed by atoms with E-state index in [4.69, 9.17) is 11.6 Å². The molecule has 0 saturated heterocycles. The topological polar surface area (TPSA) is 37.8 Å². The minimum atomic E-state index is -2.69. The van der Waals surface area contributed by atoms with E-state index in [9.17, 15) is 13.6 Å². The maximum Gasteiger partial charge on any atom is 0.279 e. The molecule has 0 unspecified atom stereocenters. The van der Waals surface area contributed by atoms with Gasteiger partial charge in [-0.3, -0.25) is 9.89 Å². The molecule has 1 aromatic carbocycles. The Labute approximate surface area is 94.3 Å². The lowest BCUT2D eigenvalue weighted by atomic mass is 10.3. The maximum atomic E-state index is 12.3. The van der Waals surface area contributed by atoms with Gasteiger partial charge in [0.15, 0.2) is 0 Å². The number of halogens is 3. The highest BCUT2D eigenvalue weighted by Crippen LogP contribution is 2.16. The molecule has 2 aromatic rings. The summed E-state index contributed by atoms with van der Waals surface area (Å²) in [6, 6.07) is 7.16. The largest absolute Gasteiger partial charge is 0.289 e. The van der Waals surface area contributed by atoms with Crippen molar-refractivity contribution in [1.82, 2.24) is 9.78 Å². The third-order valence-electron chi connectivity index (χ3n) is 2.06. The molecule has 3 nitrogen and oxygen atoms in total. The molecule has 1 N–H and O–H groups in total. The van der Waals surface area contributed by atoms with Crippen LogP contribution in [0.4, 0.5) is 8.78 Å². The van der Waals surface area contributed by atoms with Crippen molar-refractivity contribution in [2.45, 2.75) is 6.43 Å². The molecule has 0 aliphatic heterocycles. The molecule has 0 bridgehead atoms. The molecule has 16 heavy (non-hydrogen) atoms. The third kappa shape index (κ3) is 1.99. The molecule has 0 atom stereocenters. The first-order valence-corrected chi connectivity index (χ1v) is 4.82. The lowest BCUT2D eigenvalue weighted by Crippen LogP contribution is -2.13. The fraction of sp³-hybridized carbons (Fsp3) is 0.100. The molecule has 0 radical (unpaired) electrons. The van der Waals surface area contributed by atoms with E-state index in [1.807, 2.05) is 0 Å². The zero-order valence-corrected chi connectivity index (χ0v) is 8.71. The number of benzene rings is 1. The molecule has 0 saturated carbocycles. The van der Waals surface area contributed by atoms with Gasteiger partial charge in [-0.2, -0.15) is 0 Å². The SMILES string of the molecule is O=c1cc(C(F)F)[nH]n1-c1ccc(Cl)cc1. The summed E-state index contributed by atoms with van der Waals surface area (Å²) in [5.74, 6) is 0. The Bertz CT molecular complexity index is 545. The van der Waals surface area contributed by atoms with Crippen molar-refractivity contribution in [3.05, 3.63) is 51.4 Å². The van der Waals surface area contributed by atoms with Crippen molar-refractivity contribution >= 4 is 11.6 Å². The fourth-order valence-electron chi connectivity index (χ4n) is 1.31. The van der Waals surface area contributed by atoms with Crippen LogP contribution in [0, 0.1) is 0 Å². The van der Waals surface area contributed by atoms with Gasteiger partial charge in [0.1, 0.15) is 5.69 Å². The van der Waals surface area contributed by atoms with Gasteiger partial charge in [-0.05, 0) is 24.3 Å². The van der Waals surface area contributed by atoms with E-state index in [0.29, 0.717) is 10.7 Å². The van der Waals surface area contributed by atoms with Crippen LogP contribution in [-0.4, -0.2) is 9.78 Å². The molecule has 0 aliphatic rings. The summed E-state index contributed by atoms with van der Waals surface area (Å²) in [7, 11) is 0. The Morgan fingerprint density at radius 3 is 2.38 bits per heavy atom. The van der Waals surface area contributed by atoms with E-state index in [-0.39, 0.29) is 0 Å². The summed E-state index contributed by atoms with van der Waals surface area (Å²) in [6.07, 6.45) is -2.69. The summed E-state index contributed by atoms with van der Waals surface area (Å²) in [4.78, 5) is 11.4. The van der Waals surface area contributed by atoms with Crippen molar-refractivity contribution < 1.29 is 8.78 Å². The first-order valence-electron chi connectivity index (χ1n) is 4.44. The number of aromatic nitrogens is 2. The number of hydrogen-bond donors (Lipinski definition) is 1. The summed E-state index contributed by atoms with van der Waals surface area (Å²) in [5, 5.41) is 2.84. The standard InChI is InChI=1S/C10H7ClF2N2O/c11-6-1-3-7(4-2-6)15-9(16)5-8(14-15)10(12)13/h1-5,10,14H. The van der Waals surface area contributed by atoms with Gasteiger partial charge in [0.2, 0.25) is 0 Å². The van der Waals surface area contributed by atoms with Crippen molar-refractivity contribution in [2.24, 2.45) is 0 Å². The second-order valence-electron chi connectivity index (χ2n) is 3.16. The van der Waals surface area contributed by atoms with Gasteiger partial charge in [0.05, 0.1) is 5.69 Å². The molecule has 0 amide bonds. The molecule has 1 aromatic heterocycles. The number of alkyl halides is 2. The number of nitrogens with zero attached hydrogens (tertiary/aromatic N) is 1. The lowest BCUT2D eigenvalue weighted by molar-refractivity contribution is 0.145. The second-order valence-corrected chi connectivity index (χ2v) is 3.60. The molecular formula is C10H7ClF2N2O. The van der Waals surface area contributed by atoms with Crippen LogP contribution in [0.5, 0.6) is 0 Å². The summed E-state index contributed by atoms with van der Waals surface area (Å²) in [5.41, 5.74) is -0.473. The maximum absolute atomic E-state index is 12.3. The number of aromatic amines is 1. The normalized spacial score (nSPS) is 11.0. The van der Waals surface area contributed by atoms with Gasteiger partial charge in [0, 0.05) is 11.1 Å². The fourth-order valence-corrected chi connectivity index (χ4v) is 1.43. The highest BCUT2D eigenvalue weighted by atomic mass is 35.5. The number of rotatable bonds is 2. The van der Waals surface area contributed by atoms with Crippen molar-refractivity contribution in [2.75, 3.05) is 0 Å². The van der Waals surface area contributed by atoms with Gasteiger partial charge in [-0.1, -0.05) is 11.6 Å². The zero-order valence-electron chi connectivity index (χ0n) is 7.95. The van der Waals surface area contributed by atoms with Crippen molar-refractivity contribution in [1.29, 1.82) is 0 Å². The lowest BCUT2D eigenvalue weighted by Gasteiger charge is -2.01. The van der Waals surface area contributed by atoms with Crippen molar-refractivity contribution in [3.8, 4) is 5.69 Å². The third-order valence-corrected chi connectivity index (χ3v) is 2.31. The Balaban J connectivity index is 2.48.